The molecule has 6 aliphatic heterocycles. The average molecular weight is 896 g/mol. The summed E-state index contributed by atoms with van der Waals surface area (Å²) in [4.78, 5) is 76.3. The third kappa shape index (κ3) is 9.62. The minimum absolute atomic E-state index is 0.141. The predicted octanol–water partition coefficient (Wildman–Crippen LogP) is 5.55. The second-order valence-electron chi connectivity index (χ2n) is 18.5. The van der Waals surface area contributed by atoms with Gasteiger partial charge >= 0.3 is 6.18 Å². The molecule has 3 aromatic rings. The molecule has 15 nitrogen and oxygen atoms in total. The Morgan fingerprint density at radius 3 is 2.25 bits per heavy atom. The van der Waals surface area contributed by atoms with Gasteiger partial charge in [-0.15, -0.1) is 0 Å². The molecule has 65 heavy (non-hydrogen) atoms. The van der Waals surface area contributed by atoms with Crippen LogP contribution >= 0.6 is 0 Å². The highest BCUT2D eigenvalue weighted by Gasteiger charge is 2.41. The van der Waals surface area contributed by atoms with Crippen molar-refractivity contribution >= 4 is 52.3 Å². The highest BCUT2D eigenvalue weighted by atomic mass is 19.4. The molecule has 5 saturated heterocycles. The number of rotatable bonds is 9. The highest BCUT2D eigenvalue weighted by Crippen LogP contribution is 2.40. The van der Waals surface area contributed by atoms with E-state index in [1.807, 2.05) is 35.4 Å². The van der Waals surface area contributed by atoms with Gasteiger partial charge in [0.25, 0.3) is 5.91 Å². The lowest BCUT2D eigenvalue weighted by Gasteiger charge is -2.47. The van der Waals surface area contributed by atoms with Gasteiger partial charge in [-0.2, -0.15) is 13.2 Å². The Bertz CT molecular complexity index is 2320. The van der Waals surface area contributed by atoms with Gasteiger partial charge in [-0.05, 0) is 94.2 Å². The largest absolute Gasteiger partial charge is 0.407 e. The zero-order chi connectivity index (χ0) is 45.4. The molecule has 2 aromatic heterocycles. The number of aromatic nitrogens is 2. The number of hydrogen-bond acceptors (Lipinski definition) is 11. The fraction of sp³-hybridized carbons (Fsp3) is 0.553. The normalized spacial score (nSPS) is 23.4. The van der Waals surface area contributed by atoms with E-state index in [0.29, 0.717) is 73.1 Å². The smallest absolute Gasteiger partial charge is 0.372 e. The van der Waals surface area contributed by atoms with Gasteiger partial charge in [0.15, 0.2) is 5.69 Å². The van der Waals surface area contributed by atoms with Gasteiger partial charge in [0.05, 0.1) is 41.8 Å². The van der Waals surface area contributed by atoms with Crippen molar-refractivity contribution in [2.75, 3.05) is 85.5 Å². The summed E-state index contributed by atoms with van der Waals surface area (Å²) >= 11 is 0. The molecule has 0 aliphatic carbocycles. The van der Waals surface area contributed by atoms with Crippen LogP contribution in [-0.2, 0) is 27.1 Å². The number of benzene rings is 1. The molecule has 6 aliphatic rings. The number of amides is 4. The summed E-state index contributed by atoms with van der Waals surface area (Å²) in [6.07, 6.45) is 3.07. The first-order valence-corrected chi connectivity index (χ1v) is 23.0. The van der Waals surface area contributed by atoms with Gasteiger partial charge in [-0.25, -0.2) is 14.8 Å². The topological polar surface area (TPSA) is 142 Å². The van der Waals surface area contributed by atoms with E-state index in [9.17, 15) is 32.3 Å². The van der Waals surface area contributed by atoms with Crippen LogP contribution in [0.2, 0.25) is 0 Å². The van der Waals surface area contributed by atoms with Crippen LogP contribution in [0.5, 0.6) is 0 Å². The predicted molar refractivity (Wildman–Crippen MR) is 239 cm³/mol. The number of nitrogens with one attached hydrogen (secondary N) is 2. The monoisotopic (exact) mass is 895 g/mol. The van der Waals surface area contributed by atoms with Crippen LogP contribution in [-0.4, -0.2) is 132 Å². The number of nitrogens with zero attached hydrogens (tertiary/aromatic N) is 9. The van der Waals surface area contributed by atoms with Crippen molar-refractivity contribution in [3.63, 3.8) is 0 Å². The number of fused-ring (bicyclic) bond motifs is 1. The Labute approximate surface area is 377 Å². The molecule has 0 radical (unpaired) electrons. The first kappa shape index (κ1) is 44.4. The Kier molecular flexibility index (Phi) is 12.7. The zero-order valence-electron chi connectivity index (χ0n) is 36.7. The number of hydrogen-bond donors (Lipinski definition) is 2. The fourth-order valence-electron chi connectivity index (χ4n) is 10.7. The second-order valence-corrected chi connectivity index (χ2v) is 18.5. The third-order valence-electron chi connectivity index (χ3n) is 14.6. The van der Waals surface area contributed by atoms with Gasteiger partial charge in [0.2, 0.25) is 17.7 Å². The lowest BCUT2D eigenvalue weighted by atomic mass is 9.94. The van der Waals surface area contributed by atoms with Crippen LogP contribution in [0.15, 0.2) is 48.7 Å². The Morgan fingerprint density at radius 1 is 0.862 bits per heavy atom. The fourth-order valence-corrected chi connectivity index (χ4v) is 10.7. The van der Waals surface area contributed by atoms with Crippen molar-refractivity contribution in [1.29, 1.82) is 0 Å². The summed E-state index contributed by atoms with van der Waals surface area (Å²) in [5, 5.41) is 5.30. The van der Waals surface area contributed by atoms with Crippen molar-refractivity contribution in [1.82, 2.24) is 30.0 Å². The Hall–Kier alpha value is -5.80. The maximum Gasteiger partial charge on any atom is 0.407 e. The number of carbonyl (C=O) groups excluding carboxylic acids is 4. The van der Waals surface area contributed by atoms with Crippen molar-refractivity contribution in [3.05, 3.63) is 76.9 Å². The number of piperazine rings is 1. The van der Waals surface area contributed by atoms with E-state index in [1.165, 1.54) is 6.07 Å². The first-order chi connectivity index (χ1) is 31.3. The number of carbonyl (C=O) groups is 4. The number of imide groups is 1. The van der Waals surface area contributed by atoms with Crippen molar-refractivity contribution in [3.8, 4) is 0 Å². The number of anilines is 4. The summed E-state index contributed by atoms with van der Waals surface area (Å²) in [7, 11) is 0. The molecule has 0 bridgehead atoms. The first-order valence-electron chi connectivity index (χ1n) is 23.0. The third-order valence-corrected chi connectivity index (χ3v) is 14.6. The van der Waals surface area contributed by atoms with Gasteiger partial charge < -0.3 is 24.9 Å². The van der Waals surface area contributed by atoms with E-state index in [-0.39, 0.29) is 36.6 Å². The van der Waals surface area contributed by atoms with Crippen LogP contribution in [0.25, 0.3) is 4.85 Å². The number of halogens is 3. The Balaban J connectivity index is 0.680. The molecule has 18 heteroatoms. The van der Waals surface area contributed by atoms with Crippen LogP contribution in [0.1, 0.15) is 79.9 Å². The molecule has 5 fully saturated rings. The number of pyridine rings is 2. The Morgan fingerprint density at radius 2 is 1.57 bits per heavy atom. The summed E-state index contributed by atoms with van der Waals surface area (Å²) in [6.45, 7) is 18.5. The van der Waals surface area contributed by atoms with Gasteiger partial charge in [-0.3, -0.25) is 34.3 Å². The molecule has 0 spiro atoms. The van der Waals surface area contributed by atoms with E-state index < -0.39 is 29.4 Å². The molecule has 1 aromatic carbocycles. The second kappa shape index (κ2) is 18.6. The summed E-state index contributed by atoms with van der Waals surface area (Å²) in [5.74, 6) is 0.643. The van der Waals surface area contributed by atoms with E-state index in [1.54, 1.807) is 11.0 Å². The highest BCUT2D eigenvalue weighted by molar-refractivity contribution is 6.05. The van der Waals surface area contributed by atoms with Crippen LogP contribution in [0.3, 0.4) is 0 Å². The van der Waals surface area contributed by atoms with Crippen molar-refractivity contribution in [2.24, 2.45) is 11.8 Å². The van der Waals surface area contributed by atoms with Crippen molar-refractivity contribution in [2.45, 2.75) is 89.1 Å². The van der Waals surface area contributed by atoms with Crippen LogP contribution < -0.4 is 25.3 Å². The molecule has 344 valence electrons. The molecule has 4 amide bonds. The zero-order valence-corrected chi connectivity index (χ0v) is 36.7. The standard InChI is InChI=1S/C47H56F3N11O4/c1-30-27-60(33-15-21-58(22-16-33)42-9-5-36-39(53-42)29-61(46(36)65)40-7-10-43(62)55-45(40)64)24-23-59(30)28-31-11-17-57(18-12-31)35-4-8-41(52-26-35)54-44(63)32-13-19-56(20-14-32)34-3-6-38(51-2)37(25-34)47(48,49)50/h3-6,8-9,25-26,30-33,40H,7,10-24,27-29H2,1H3,(H,52,54,63)(H,55,62,64)/t30-,40?/m1/s1. The maximum atomic E-state index is 13.5. The number of alkyl halides is 3. The average Bonchev–Trinajstić information content (AvgIpc) is 3.64. The summed E-state index contributed by atoms with van der Waals surface area (Å²) < 4.78 is 40.5. The summed E-state index contributed by atoms with van der Waals surface area (Å²) in [6, 6.07) is 11.7. The molecule has 2 atom stereocenters. The van der Waals surface area contributed by atoms with Gasteiger partial charge in [0, 0.05) is 95.6 Å². The number of piperidine rings is 4. The SMILES string of the molecule is [C-]#[N+]c1ccc(N2CCC(C(=O)Nc3ccc(N4CCC(CN5CCN(C6CCN(c7ccc8c(n7)CN(C7CCC(=O)NC7=O)C8=O)CC6)C[C@H]5C)CC4)cn3)CC2)cc1C(F)(F)F. The minimum Gasteiger partial charge on any atom is -0.372 e. The van der Waals surface area contributed by atoms with E-state index in [0.717, 1.165) is 95.6 Å². The van der Waals surface area contributed by atoms with Gasteiger partial charge in [-0.1, -0.05) is 6.07 Å². The van der Waals surface area contributed by atoms with Gasteiger partial charge in [0.1, 0.15) is 17.7 Å². The van der Waals surface area contributed by atoms with E-state index in [2.05, 4.69) is 47.0 Å². The molecular weight excluding hydrogens is 840 g/mol. The van der Waals surface area contributed by atoms with Crippen LogP contribution in [0, 0.1) is 18.4 Å². The lowest BCUT2D eigenvalue weighted by molar-refractivity contribution is -0.138. The van der Waals surface area contributed by atoms with E-state index in [4.69, 9.17) is 11.6 Å². The van der Waals surface area contributed by atoms with E-state index >= 15 is 0 Å². The lowest BCUT2D eigenvalue weighted by Crippen LogP contribution is -2.57. The quantitative estimate of drug-likeness (QED) is 0.206. The molecule has 8 heterocycles. The molecule has 0 saturated carbocycles. The maximum absolute atomic E-state index is 13.5. The summed E-state index contributed by atoms with van der Waals surface area (Å²) in [5.41, 5.74) is 1.31. The molecule has 2 N–H and O–H groups in total. The molecular formula is C47H56F3N11O4. The molecule has 9 rings (SSSR count). The molecule has 1 unspecified atom stereocenters. The minimum atomic E-state index is -4.61. The van der Waals surface area contributed by atoms with Crippen molar-refractivity contribution < 1.29 is 32.3 Å². The van der Waals surface area contributed by atoms with Crippen LogP contribution in [0.4, 0.5) is 41.9 Å².